The first-order chi connectivity index (χ1) is 16.4. The molecule has 3 aromatic carbocycles. The standard InChI is InChI=1S/C29H33ClN2O2/c1-4-22(3)31-29(34)27(18-23-12-6-5-7-13-23)32(20-25-15-9-8-11-21(25)2)28(33)19-24-14-10-16-26(30)17-24/h5-17,22,27H,4,18-20H2,1-3H3,(H,31,34). The SMILES string of the molecule is CCC(C)NC(=O)C(Cc1ccccc1)N(Cc1ccccc1C)C(=O)Cc1cccc(Cl)c1. The van der Waals surface area contributed by atoms with Crippen molar-refractivity contribution >= 4 is 23.4 Å². The number of carbonyl (C=O) groups is 2. The molecule has 2 unspecified atom stereocenters. The largest absolute Gasteiger partial charge is 0.352 e. The van der Waals surface area contributed by atoms with Crippen LogP contribution in [0.15, 0.2) is 78.9 Å². The number of nitrogens with zero attached hydrogens (tertiary/aromatic N) is 1. The number of halogens is 1. The molecule has 0 saturated heterocycles. The van der Waals surface area contributed by atoms with Gasteiger partial charge in [-0.05, 0) is 54.7 Å². The molecule has 3 rings (SSSR count). The Balaban J connectivity index is 1.98. The van der Waals surface area contributed by atoms with Gasteiger partial charge in [-0.25, -0.2) is 0 Å². The van der Waals surface area contributed by atoms with Crippen LogP contribution in [-0.4, -0.2) is 28.8 Å². The molecule has 0 aliphatic heterocycles. The Bertz CT molecular complexity index is 1100. The average molecular weight is 477 g/mol. The Morgan fingerprint density at radius 3 is 2.29 bits per heavy atom. The summed E-state index contributed by atoms with van der Waals surface area (Å²) in [5, 5.41) is 3.69. The van der Waals surface area contributed by atoms with Crippen molar-refractivity contribution in [2.24, 2.45) is 0 Å². The van der Waals surface area contributed by atoms with Crippen molar-refractivity contribution < 1.29 is 9.59 Å². The molecule has 34 heavy (non-hydrogen) atoms. The van der Waals surface area contributed by atoms with Gasteiger partial charge in [0.05, 0.1) is 6.42 Å². The fourth-order valence-electron chi connectivity index (χ4n) is 3.89. The first-order valence-corrected chi connectivity index (χ1v) is 12.2. The highest BCUT2D eigenvalue weighted by atomic mass is 35.5. The second-order valence-corrected chi connectivity index (χ2v) is 9.21. The van der Waals surface area contributed by atoms with Gasteiger partial charge in [-0.2, -0.15) is 0 Å². The Morgan fingerprint density at radius 2 is 1.62 bits per heavy atom. The van der Waals surface area contributed by atoms with E-state index in [1.807, 2.05) is 87.5 Å². The second kappa shape index (κ2) is 12.4. The third-order valence-electron chi connectivity index (χ3n) is 6.12. The van der Waals surface area contributed by atoms with Crippen molar-refractivity contribution in [2.45, 2.75) is 58.7 Å². The van der Waals surface area contributed by atoms with Crippen molar-refractivity contribution in [2.75, 3.05) is 0 Å². The maximum Gasteiger partial charge on any atom is 0.243 e. The van der Waals surface area contributed by atoms with Crippen LogP contribution in [0.4, 0.5) is 0 Å². The summed E-state index contributed by atoms with van der Waals surface area (Å²) in [6.07, 6.45) is 1.43. The highest BCUT2D eigenvalue weighted by Gasteiger charge is 2.31. The van der Waals surface area contributed by atoms with Gasteiger partial charge in [0.25, 0.3) is 0 Å². The fourth-order valence-corrected chi connectivity index (χ4v) is 4.10. The molecule has 0 fully saturated rings. The van der Waals surface area contributed by atoms with E-state index in [1.165, 1.54) is 0 Å². The number of benzene rings is 3. The molecule has 0 aromatic heterocycles. The van der Waals surface area contributed by atoms with E-state index in [0.717, 1.165) is 28.7 Å². The van der Waals surface area contributed by atoms with Crippen molar-refractivity contribution in [3.05, 3.63) is 106 Å². The van der Waals surface area contributed by atoms with E-state index in [4.69, 9.17) is 11.6 Å². The van der Waals surface area contributed by atoms with Crippen molar-refractivity contribution in [1.29, 1.82) is 0 Å². The van der Waals surface area contributed by atoms with Crippen molar-refractivity contribution in [1.82, 2.24) is 10.2 Å². The van der Waals surface area contributed by atoms with Gasteiger partial charge < -0.3 is 10.2 Å². The zero-order chi connectivity index (χ0) is 24.5. The second-order valence-electron chi connectivity index (χ2n) is 8.78. The van der Waals surface area contributed by atoms with Crippen molar-refractivity contribution in [3.63, 3.8) is 0 Å². The van der Waals surface area contributed by atoms with Gasteiger partial charge in [-0.15, -0.1) is 0 Å². The normalized spacial score (nSPS) is 12.6. The van der Waals surface area contributed by atoms with Crippen LogP contribution in [-0.2, 0) is 29.0 Å². The minimum absolute atomic E-state index is 0.0223. The van der Waals surface area contributed by atoms with Gasteiger partial charge in [-0.1, -0.05) is 85.3 Å². The summed E-state index contributed by atoms with van der Waals surface area (Å²) < 4.78 is 0. The Morgan fingerprint density at radius 1 is 0.941 bits per heavy atom. The van der Waals surface area contributed by atoms with Crippen LogP contribution in [0.2, 0.25) is 5.02 Å². The molecule has 0 spiro atoms. The minimum atomic E-state index is -0.636. The predicted octanol–water partition coefficient (Wildman–Crippen LogP) is 5.75. The summed E-state index contributed by atoms with van der Waals surface area (Å²) in [4.78, 5) is 29.0. The molecule has 0 aliphatic carbocycles. The number of rotatable bonds is 10. The molecule has 3 aromatic rings. The molecule has 0 radical (unpaired) electrons. The smallest absolute Gasteiger partial charge is 0.243 e. The third kappa shape index (κ3) is 7.19. The molecule has 178 valence electrons. The monoisotopic (exact) mass is 476 g/mol. The lowest BCUT2D eigenvalue weighted by Gasteiger charge is -2.33. The maximum atomic E-state index is 13.7. The van der Waals surface area contributed by atoms with Crippen LogP contribution >= 0.6 is 11.6 Å². The van der Waals surface area contributed by atoms with E-state index in [9.17, 15) is 9.59 Å². The van der Waals surface area contributed by atoms with Crippen LogP contribution in [0.25, 0.3) is 0 Å². The van der Waals surface area contributed by atoms with Crippen LogP contribution < -0.4 is 5.32 Å². The summed E-state index contributed by atoms with van der Waals surface area (Å²) in [6.45, 7) is 6.40. The summed E-state index contributed by atoms with van der Waals surface area (Å²) in [7, 11) is 0. The van der Waals surface area contributed by atoms with Gasteiger partial charge in [0.1, 0.15) is 6.04 Å². The number of hydrogen-bond donors (Lipinski definition) is 1. The number of carbonyl (C=O) groups excluding carboxylic acids is 2. The molecule has 0 saturated carbocycles. The lowest BCUT2D eigenvalue weighted by Crippen LogP contribution is -2.52. The van der Waals surface area contributed by atoms with Gasteiger partial charge in [0.15, 0.2) is 0 Å². The number of nitrogens with one attached hydrogen (secondary N) is 1. The number of aryl methyl sites for hydroxylation is 1. The molecule has 2 atom stereocenters. The van der Waals surface area contributed by atoms with Crippen LogP contribution in [0.1, 0.15) is 42.5 Å². The quantitative estimate of drug-likeness (QED) is 0.405. The molecule has 2 amide bonds. The third-order valence-corrected chi connectivity index (χ3v) is 6.35. The van der Waals surface area contributed by atoms with Gasteiger partial charge >= 0.3 is 0 Å². The Kier molecular flexibility index (Phi) is 9.29. The lowest BCUT2D eigenvalue weighted by molar-refractivity contribution is -0.141. The van der Waals surface area contributed by atoms with Gasteiger partial charge in [0, 0.05) is 24.0 Å². The predicted molar refractivity (Wildman–Crippen MR) is 139 cm³/mol. The van der Waals surface area contributed by atoms with E-state index < -0.39 is 6.04 Å². The van der Waals surface area contributed by atoms with Crippen molar-refractivity contribution in [3.8, 4) is 0 Å². The molecular formula is C29H33ClN2O2. The number of hydrogen-bond acceptors (Lipinski definition) is 2. The van der Waals surface area contributed by atoms with E-state index in [1.54, 1.807) is 17.0 Å². The first kappa shape index (κ1) is 25.5. The molecule has 0 heterocycles. The molecule has 1 N–H and O–H groups in total. The first-order valence-electron chi connectivity index (χ1n) is 11.8. The summed E-state index contributed by atoms with van der Waals surface area (Å²) >= 11 is 6.16. The summed E-state index contributed by atoms with van der Waals surface area (Å²) in [5.74, 6) is -0.239. The topological polar surface area (TPSA) is 49.4 Å². The van der Waals surface area contributed by atoms with E-state index >= 15 is 0 Å². The van der Waals surface area contributed by atoms with E-state index in [0.29, 0.717) is 18.0 Å². The van der Waals surface area contributed by atoms with Crippen LogP contribution in [0.3, 0.4) is 0 Å². The maximum absolute atomic E-state index is 13.7. The molecule has 0 bridgehead atoms. The molecule has 4 nitrogen and oxygen atoms in total. The fraction of sp³-hybridized carbons (Fsp3) is 0.310. The van der Waals surface area contributed by atoms with Gasteiger partial charge in [-0.3, -0.25) is 9.59 Å². The molecule has 5 heteroatoms. The summed E-state index contributed by atoms with van der Waals surface area (Å²) in [6, 6.07) is 24.6. The number of amides is 2. The lowest BCUT2D eigenvalue weighted by atomic mass is 10.00. The molecular weight excluding hydrogens is 444 g/mol. The summed E-state index contributed by atoms with van der Waals surface area (Å²) in [5.41, 5.74) is 3.95. The Hall–Kier alpha value is -3.11. The Labute approximate surface area is 207 Å². The molecule has 0 aliphatic rings. The van der Waals surface area contributed by atoms with Crippen LogP contribution in [0.5, 0.6) is 0 Å². The zero-order valence-corrected chi connectivity index (χ0v) is 20.9. The van der Waals surface area contributed by atoms with E-state index in [-0.39, 0.29) is 24.3 Å². The highest BCUT2D eigenvalue weighted by Crippen LogP contribution is 2.19. The zero-order valence-electron chi connectivity index (χ0n) is 20.1. The highest BCUT2D eigenvalue weighted by molar-refractivity contribution is 6.30. The van der Waals surface area contributed by atoms with Gasteiger partial charge in [0.2, 0.25) is 11.8 Å². The van der Waals surface area contributed by atoms with E-state index in [2.05, 4.69) is 5.32 Å². The average Bonchev–Trinajstić information content (AvgIpc) is 2.82. The minimum Gasteiger partial charge on any atom is -0.352 e. The van der Waals surface area contributed by atoms with Crippen LogP contribution in [0, 0.1) is 6.92 Å².